The van der Waals surface area contributed by atoms with Crippen LogP contribution in [0.15, 0.2) is 52.2 Å². The van der Waals surface area contributed by atoms with Gasteiger partial charge in [-0.15, -0.1) is 10.2 Å². The summed E-state index contributed by atoms with van der Waals surface area (Å²) in [5.74, 6) is 2.34. The van der Waals surface area contributed by atoms with Gasteiger partial charge >= 0.3 is 0 Å². The van der Waals surface area contributed by atoms with Crippen LogP contribution in [0.2, 0.25) is 5.02 Å². The highest BCUT2D eigenvalue weighted by molar-refractivity contribution is 7.99. The van der Waals surface area contributed by atoms with Crippen LogP contribution in [0.5, 0.6) is 5.75 Å². The fourth-order valence-electron chi connectivity index (χ4n) is 3.07. The van der Waals surface area contributed by atoms with E-state index in [1.807, 2.05) is 41.3 Å². The van der Waals surface area contributed by atoms with Crippen molar-refractivity contribution in [1.29, 1.82) is 0 Å². The molecule has 0 radical (unpaired) electrons. The number of piperazine rings is 1. The molecule has 156 valence electrons. The lowest BCUT2D eigenvalue weighted by Crippen LogP contribution is -2.49. The molecule has 1 fully saturated rings. The lowest BCUT2D eigenvalue weighted by molar-refractivity contribution is -0.128. The minimum atomic E-state index is 0.0490. The zero-order valence-corrected chi connectivity index (χ0v) is 17.9. The summed E-state index contributed by atoms with van der Waals surface area (Å²) in [6.45, 7) is 2.75. The Hall–Kier alpha value is -2.78. The van der Waals surface area contributed by atoms with Gasteiger partial charge in [0, 0.05) is 37.9 Å². The molecule has 2 aromatic heterocycles. The highest BCUT2D eigenvalue weighted by atomic mass is 35.5. The summed E-state index contributed by atoms with van der Waals surface area (Å²) in [4.78, 5) is 20.9. The Morgan fingerprint density at radius 2 is 1.90 bits per heavy atom. The van der Waals surface area contributed by atoms with Crippen LogP contribution in [0.1, 0.15) is 0 Å². The van der Waals surface area contributed by atoms with E-state index in [0.717, 1.165) is 30.2 Å². The number of anilines is 1. The Labute approximate surface area is 183 Å². The molecule has 0 atom stereocenters. The van der Waals surface area contributed by atoms with Gasteiger partial charge in [0.1, 0.15) is 11.6 Å². The van der Waals surface area contributed by atoms with Crippen molar-refractivity contribution in [2.24, 2.45) is 0 Å². The number of aromatic nitrogens is 3. The summed E-state index contributed by atoms with van der Waals surface area (Å²) in [6.07, 6.45) is 1.63. The van der Waals surface area contributed by atoms with Gasteiger partial charge in [0.2, 0.25) is 11.8 Å². The molecule has 1 amide bonds. The van der Waals surface area contributed by atoms with E-state index >= 15 is 0 Å². The van der Waals surface area contributed by atoms with Gasteiger partial charge in [0.25, 0.3) is 5.22 Å². The molecule has 0 N–H and O–H groups in total. The lowest BCUT2D eigenvalue weighted by Gasteiger charge is -2.35. The number of rotatable bonds is 6. The highest BCUT2D eigenvalue weighted by Crippen LogP contribution is 2.25. The number of halogens is 1. The maximum absolute atomic E-state index is 12.6. The number of ether oxygens (including phenoxy) is 1. The molecule has 3 aromatic rings. The van der Waals surface area contributed by atoms with Crippen molar-refractivity contribution >= 4 is 35.1 Å². The topological polar surface area (TPSA) is 84.6 Å². The second-order valence-electron chi connectivity index (χ2n) is 6.59. The number of hydrogen-bond acceptors (Lipinski definition) is 8. The number of nitrogens with zero attached hydrogens (tertiary/aromatic N) is 5. The third-order valence-electron chi connectivity index (χ3n) is 4.73. The predicted molar refractivity (Wildman–Crippen MR) is 115 cm³/mol. The molecule has 1 aromatic carbocycles. The number of carbonyl (C=O) groups excluding carboxylic acids is 1. The van der Waals surface area contributed by atoms with E-state index in [4.69, 9.17) is 20.8 Å². The van der Waals surface area contributed by atoms with Gasteiger partial charge in [-0.25, -0.2) is 4.98 Å². The second kappa shape index (κ2) is 9.36. The minimum Gasteiger partial charge on any atom is -0.497 e. The number of methoxy groups -OCH3 is 1. The summed E-state index contributed by atoms with van der Waals surface area (Å²) in [7, 11) is 1.61. The number of thioether (sulfide) groups is 1. The van der Waals surface area contributed by atoms with E-state index in [1.165, 1.54) is 11.8 Å². The molecule has 1 saturated heterocycles. The maximum Gasteiger partial charge on any atom is 0.277 e. The van der Waals surface area contributed by atoms with Gasteiger partial charge < -0.3 is 19.0 Å². The first-order chi connectivity index (χ1) is 14.6. The first-order valence-electron chi connectivity index (χ1n) is 9.37. The summed E-state index contributed by atoms with van der Waals surface area (Å²) in [5.41, 5.74) is 0.799. The van der Waals surface area contributed by atoms with Crippen LogP contribution in [0.3, 0.4) is 0 Å². The first-order valence-corrected chi connectivity index (χ1v) is 10.7. The second-order valence-corrected chi connectivity index (χ2v) is 7.96. The number of pyridine rings is 1. The van der Waals surface area contributed by atoms with E-state index in [0.29, 0.717) is 29.2 Å². The Morgan fingerprint density at radius 3 is 2.57 bits per heavy atom. The van der Waals surface area contributed by atoms with Gasteiger partial charge in [-0.3, -0.25) is 4.79 Å². The van der Waals surface area contributed by atoms with E-state index in [1.54, 1.807) is 13.3 Å². The molecule has 1 aliphatic heterocycles. The van der Waals surface area contributed by atoms with Crippen molar-refractivity contribution in [1.82, 2.24) is 20.1 Å². The van der Waals surface area contributed by atoms with E-state index in [2.05, 4.69) is 20.1 Å². The Balaban J connectivity index is 1.27. The van der Waals surface area contributed by atoms with Crippen LogP contribution < -0.4 is 9.64 Å². The maximum atomic E-state index is 12.6. The molecular weight excluding hydrogens is 426 g/mol. The van der Waals surface area contributed by atoms with Crippen LogP contribution in [-0.2, 0) is 4.79 Å². The van der Waals surface area contributed by atoms with Gasteiger partial charge in [-0.05, 0) is 36.4 Å². The smallest absolute Gasteiger partial charge is 0.277 e. The molecular formula is C20H20ClN5O3S. The molecule has 30 heavy (non-hydrogen) atoms. The Morgan fingerprint density at radius 1 is 1.13 bits per heavy atom. The number of benzene rings is 1. The van der Waals surface area contributed by atoms with Crippen molar-refractivity contribution in [3.63, 3.8) is 0 Å². The Bertz CT molecular complexity index is 988. The Kier molecular flexibility index (Phi) is 6.39. The van der Waals surface area contributed by atoms with Crippen molar-refractivity contribution in [2.75, 3.05) is 43.9 Å². The van der Waals surface area contributed by atoms with Crippen LogP contribution >= 0.6 is 23.4 Å². The molecule has 0 unspecified atom stereocenters. The molecule has 4 rings (SSSR count). The molecule has 3 heterocycles. The van der Waals surface area contributed by atoms with Crippen molar-refractivity contribution in [3.8, 4) is 17.2 Å². The summed E-state index contributed by atoms with van der Waals surface area (Å²) in [6, 6.07) is 11.1. The fourth-order valence-corrected chi connectivity index (χ4v) is 3.85. The molecule has 0 saturated carbocycles. The van der Waals surface area contributed by atoms with Crippen molar-refractivity contribution in [2.45, 2.75) is 5.22 Å². The third-order valence-corrected chi connectivity index (χ3v) is 5.76. The minimum absolute atomic E-state index is 0.0490. The SMILES string of the molecule is COc1ccc(-c2nnc(SCC(=O)N3CCN(c4ccc(Cl)cn4)CC3)o2)cc1. The molecule has 0 bridgehead atoms. The van der Waals surface area contributed by atoms with Crippen LogP contribution in [0.4, 0.5) is 5.82 Å². The van der Waals surface area contributed by atoms with Gasteiger partial charge in [-0.1, -0.05) is 23.4 Å². The van der Waals surface area contributed by atoms with Crippen LogP contribution in [-0.4, -0.2) is 65.0 Å². The molecule has 10 heteroatoms. The highest BCUT2D eigenvalue weighted by Gasteiger charge is 2.22. The van der Waals surface area contributed by atoms with Crippen molar-refractivity contribution in [3.05, 3.63) is 47.6 Å². The average molecular weight is 446 g/mol. The number of amides is 1. The predicted octanol–water partition coefficient (Wildman–Crippen LogP) is 3.23. The number of hydrogen-bond donors (Lipinski definition) is 0. The molecule has 0 spiro atoms. The molecule has 1 aliphatic rings. The first kappa shape index (κ1) is 20.5. The summed E-state index contributed by atoms with van der Waals surface area (Å²) in [5, 5.41) is 9.07. The van der Waals surface area contributed by atoms with Gasteiger partial charge in [-0.2, -0.15) is 0 Å². The summed E-state index contributed by atoms with van der Waals surface area (Å²) < 4.78 is 10.8. The fraction of sp³-hybridized carbons (Fsp3) is 0.300. The van der Waals surface area contributed by atoms with E-state index < -0.39 is 0 Å². The van der Waals surface area contributed by atoms with Gasteiger partial charge in [0.15, 0.2) is 0 Å². The monoisotopic (exact) mass is 445 g/mol. The van der Waals surface area contributed by atoms with Gasteiger partial charge in [0.05, 0.1) is 17.9 Å². The third kappa shape index (κ3) is 4.85. The molecule has 8 nitrogen and oxygen atoms in total. The lowest BCUT2D eigenvalue weighted by atomic mass is 10.2. The molecule has 0 aliphatic carbocycles. The number of carbonyl (C=O) groups is 1. The van der Waals surface area contributed by atoms with Crippen molar-refractivity contribution < 1.29 is 13.9 Å². The zero-order valence-electron chi connectivity index (χ0n) is 16.3. The van der Waals surface area contributed by atoms with E-state index in [-0.39, 0.29) is 11.7 Å². The standard InChI is InChI=1S/C20H20ClN5O3S/c1-28-16-5-2-14(3-6-16)19-23-24-20(29-19)30-13-18(27)26-10-8-25(9-11-26)17-7-4-15(21)12-22-17/h2-7,12H,8-11,13H2,1H3. The quantitative estimate of drug-likeness (QED) is 0.534. The normalized spacial score (nSPS) is 14.1. The zero-order chi connectivity index (χ0) is 20.9. The van der Waals surface area contributed by atoms with Crippen LogP contribution in [0, 0.1) is 0 Å². The average Bonchev–Trinajstić information content (AvgIpc) is 3.27. The largest absolute Gasteiger partial charge is 0.497 e. The van der Waals surface area contributed by atoms with Crippen LogP contribution in [0.25, 0.3) is 11.5 Å². The summed E-state index contributed by atoms with van der Waals surface area (Å²) >= 11 is 7.14. The van der Waals surface area contributed by atoms with E-state index in [9.17, 15) is 4.79 Å².